The number of aromatic nitrogens is 1. The number of imide groups is 3. The van der Waals surface area contributed by atoms with Crippen LogP contribution in [0.15, 0.2) is 29.4 Å². The maximum absolute atomic E-state index is 12.1. The molecule has 1 saturated heterocycles. The second-order valence-electron chi connectivity index (χ2n) is 6.65. The SMILES string of the molecule is O=C(CCSSc1ccccn1)NCCCCCC(=O)N1C(=O)CC(S(=O)(=O)O)C1=O. The number of rotatable bonds is 12. The van der Waals surface area contributed by atoms with Crippen molar-refractivity contribution in [3.05, 3.63) is 24.4 Å². The Hall–Kier alpha value is -1.96. The van der Waals surface area contributed by atoms with Crippen LogP contribution in [-0.2, 0) is 29.3 Å². The van der Waals surface area contributed by atoms with Crippen molar-refractivity contribution in [3.8, 4) is 0 Å². The minimum Gasteiger partial charge on any atom is -0.356 e. The normalized spacial score (nSPS) is 16.5. The fourth-order valence-electron chi connectivity index (χ4n) is 2.74. The molecule has 4 amide bonds. The monoisotopic (exact) mass is 489 g/mol. The first-order chi connectivity index (χ1) is 14.7. The number of nitrogens with one attached hydrogen (secondary N) is 1. The molecule has 0 aliphatic carbocycles. The molecule has 2 N–H and O–H groups in total. The third-order valence-corrected chi connectivity index (χ3v) is 7.65. The van der Waals surface area contributed by atoms with Crippen molar-refractivity contribution in [2.75, 3.05) is 12.3 Å². The Morgan fingerprint density at radius 1 is 1.19 bits per heavy atom. The first kappa shape index (κ1) is 25.3. The van der Waals surface area contributed by atoms with Crippen LogP contribution in [0.4, 0.5) is 0 Å². The van der Waals surface area contributed by atoms with Gasteiger partial charge in [-0.15, -0.1) is 0 Å². The van der Waals surface area contributed by atoms with Gasteiger partial charge in [0.15, 0.2) is 5.25 Å². The van der Waals surface area contributed by atoms with E-state index in [0.29, 0.717) is 42.9 Å². The van der Waals surface area contributed by atoms with Gasteiger partial charge in [0, 0.05) is 31.3 Å². The van der Waals surface area contributed by atoms with E-state index in [1.807, 2.05) is 18.2 Å². The van der Waals surface area contributed by atoms with Gasteiger partial charge in [0.25, 0.3) is 16.0 Å². The number of carbonyl (C=O) groups is 4. The molecule has 31 heavy (non-hydrogen) atoms. The summed E-state index contributed by atoms with van der Waals surface area (Å²) >= 11 is 0. The molecule has 0 aromatic carbocycles. The van der Waals surface area contributed by atoms with Crippen LogP contribution in [0.3, 0.4) is 0 Å². The molecule has 1 aliphatic rings. The maximum Gasteiger partial charge on any atom is 0.277 e. The van der Waals surface area contributed by atoms with Crippen LogP contribution in [-0.4, -0.2) is 64.0 Å². The van der Waals surface area contributed by atoms with Gasteiger partial charge in [0.2, 0.25) is 17.7 Å². The molecule has 0 radical (unpaired) electrons. The Morgan fingerprint density at radius 3 is 2.61 bits per heavy atom. The molecule has 1 fully saturated rings. The van der Waals surface area contributed by atoms with Crippen LogP contribution >= 0.6 is 21.6 Å². The highest BCUT2D eigenvalue weighted by Gasteiger charge is 2.48. The first-order valence-corrected chi connectivity index (χ1v) is 13.4. The van der Waals surface area contributed by atoms with Crippen LogP contribution in [0.5, 0.6) is 0 Å². The Kier molecular flexibility index (Phi) is 9.93. The summed E-state index contributed by atoms with van der Waals surface area (Å²) in [5.74, 6) is -2.35. The number of nitrogens with zero attached hydrogens (tertiary/aromatic N) is 2. The summed E-state index contributed by atoms with van der Waals surface area (Å²) in [4.78, 5) is 52.0. The lowest BCUT2D eigenvalue weighted by atomic mass is 10.2. The summed E-state index contributed by atoms with van der Waals surface area (Å²) in [5.41, 5.74) is 0. The van der Waals surface area contributed by atoms with E-state index in [1.54, 1.807) is 17.0 Å². The average molecular weight is 490 g/mol. The van der Waals surface area contributed by atoms with Crippen molar-refractivity contribution in [2.24, 2.45) is 0 Å². The summed E-state index contributed by atoms with van der Waals surface area (Å²) in [6, 6.07) is 5.63. The molecule has 2 heterocycles. The zero-order chi connectivity index (χ0) is 22.9. The Labute approximate surface area is 188 Å². The maximum atomic E-state index is 12.1. The second-order valence-corrected chi connectivity index (χ2v) is 10.7. The number of carbonyl (C=O) groups excluding carboxylic acids is 4. The number of amides is 4. The predicted molar refractivity (Wildman–Crippen MR) is 115 cm³/mol. The molecular weight excluding hydrogens is 466 g/mol. The van der Waals surface area contributed by atoms with Crippen molar-refractivity contribution in [2.45, 2.75) is 48.8 Å². The van der Waals surface area contributed by atoms with Gasteiger partial charge in [-0.3, -0.25) is 23.7 Å². The highest BCUT2D eigenvalue weighted by Crippen LogP contribution is 2.29. The molecule has 0 bridgehead atoms. The number of unbranched alkanes of at least 4 members (excludes halogenated alkanes) is 2. The fraction of sp³-hybridized carbons (Fsp3) is 0.500. The van der Waals surface area contributed by atoms with Gasteiger partial charge in [-0.05, 0) is 35.8 Å². The Balaban J connectivity index is 1.54. The van der Waals surface area contributed by atoms with Gasteiger partial charge < -0.3 is 5.32 Å². The van der Waals surface area contributed by atoms with Crippen LogP contribution < -0.4 is 5.32 Å². The molecule has 1 aliphatic heterocycles. The van der Waals surface area contributed by atoms with E-state index in [9.17, 15) is 27.6 Å². The van der Waals surface area contributed by atoms with Gasteiger partial charge in [-0.1, -0.05) is 23.3 Å². The van der Waals surface area contributed by atoms with Crippen molar-refractivity contribution < 1.29 is 32.1 Å². The molecule has 1 aromatic heterocycles. The van der Waals surface area contributed by atoms with E-state index in [0.717, 1.165) is 5.03 Å². The van der Waals surface area contributed by atoms with Crippen LogP contribution in [0, 0.1) is 0 Å². The van der Waals surface area contributed by atoms with E-state index < -0.39 is 39.5 Å². The fourth-order valence-corrected chi connectivity index (χ4v) is 5.32. The Bertz CT molecular complexity index is 909. The number of hydrogen-bond acceptors (Lipinski definition) is 9. The van der Waals surface area contributed by atoms with Crippen LogP contribution in [0.1, 0.15) is 38.5 Å². The lowest BCUT2D eigenvalue weighted by Gasteiger charge is -2.12. The average Bonchev–Trinajstić information content (AvgIpc) is 3.03. The molecule has 1 atom stereocenters. The van der Waals surface area contributed by atoms with E-state index in [4.69, 9.17) is 4.55 Å². The van der Waals surface area contributed by atoms with Crippen molar-refractivity contribution in [1.82, 2.24) is 15.2 Å². The van der Waals surface area contributed by atoms with Crippen molar-refractivity contribution in [1.29, 1.82) is 0 Å². The molecular formula is C18H23N3O7S3. The van der Waals surface area contributed by atoms with E-state index in [2.05, 4.69) is 10.3 Å². The summed E-state index contributed by atoms with van der Waals surface area (Å²) < 4.78 is 31.2. The zero-order valence-electron chi connectivity index (χ0n) is 16.6. The zero-order valence-corrected chi connectivity index (χ0v) is 19.0. The minimum atomic E-state index is -4.72. The van der Waals surface area contributed by atoms with Crippen molar-refractivity contribution in [3.63, 3.8) is 0 Å². The van der Waals surface area contributed by atoms with Gasteiger partial charge in [0.05, 0.1) is 6.42 Å². The molecule has 0 spiro atoms. The molecule has 2 rings (SSSR count). The molecule has 10 nitrogen and oxygen atoms in total. The third kappa shape index (κ3) is 8.24. The molecule has 170 valence electrons. The lowest BCUT2D eigenvalue weighted by molar-refractivity contribution is -0.149. The lowest BCUT2D eigenvalue weighted by Crippen LogP contribution is -2.39. The van der Waals surface area contributed by atoms with Crippen LogP contribution in [0.25, 0.3) is 0 Å². The Morgan fingerprint density at radius 2 is 1.97 bits per heavy atom. The van der Waals surface area contributed by atoms with Crippen LogP contribution in [0.2, 0.25) is 0 Å². The predicted octanol–water partition coefficient (Wildman–Crippen LogP) is 1.43. The van der Waals surface area contributed by atoms with Crippen molar-refractivity contribution >= 4 is 55.3 Å². The van der Waals surface area contributed by atoms with Gasteiger partial charge in [-0.25, -0.2) is 9.88 Å². The quantitative estimate of drug-likeness (QED) is 0.191. The number of pyridine rings is 1. The third-order valence-electron chi connectivity index (χ3n) is 4.30. The summed E-state index contributed by atoms with van der Waals surface area (Å²) in [6.45, 7) is 0.442. The molecule has 0 saturated carbocycles. The number of hydrogen-bond donors (Lipinski definition) is 2. The molecule has 13 heteroatoms. The van der Waals surface area contributed by atoms with Gasteiger partial charge in [-0.2, -0.15) is 8.42 Å². The largest absolute Gasteiger partial charge is 0.356 e. The van der Waals surface area contributed by atoms with Gasteiger partial charge in [0.1, 0.15) is 5.03 Å². The highest BCUT2D eigenvalue weighted by molar-refractivity contribution is 8.76. The van der Waals surface area contributed by atoms with E-state index >= 15 is 0 Å². The summed E-state index contributed by atoms with van der Waals surface area (Å²) in [7, 11) is -1.68. The first-order valence-electron chi connectivity index (χ1n) is 9.53. The summed E-state index contributed by atoms with van der Waals surface area (Å²) in [6.07, 6.45) is 2.81. The van der Waals surface area contributed by atoms with E-state index in [1.165, 1.54) is 10.8 Å². The second kappa shape index (κ2) is 12.2. The van der Waals surface area contributed by atoms with E-state index in [-0.39, 0.29) is 12.3 Å². The standard InChI is InChI=1S/C18H23N3O7S3/c22-14(8-11-29-30-15-6-3-5-10-20-15)19-9-4-1-2-7-16(23)21-17(24)12-13(18(21)25)31(26,27)28/h3,5-6,10,13H,1-2,4,7-9,11-12H2,(H,19,22)(H,26,27,28). The number of likely N-dealkylation sites (tertiary alicyclic amines) is 1. The highest BCUT2D eigenvalue weighted by atomic mass is 33.1. The summed E-state index contributed by atoms with van der Waals surface area (Å²) in [5, 5.41) is 1.77. The molecule has 1 unspecified atom stereocenters. The minimum absolute atomic E-state index is 0.0743. The molecule has 1 aromatic rings. The topological polar surface area (TPSA) is 151 Å². The van der Waals surface area contributed by atoms with Gasteiger partial charge >= 0.3 is 0 Å². The smallest absolute Gasteiger partial charge is 0.277 e.